The molecule has 1 heterocycles. The molecule has 0 aliphatic rings. The Morgan fingerprint density at radius 3 is 2.31 bits per heavy atom. The van der Waals surface area contributed by atoms with Gasteiger partial charge in [-0.15, -0.1) is 5.10 Å². The smallest absolute Gasteiger partial charge is 0.203 e. The summed E-state index contributed by atoms with van der Waals surface area (Å²) < 4.78 is 17.8. The van der Waals surface area contributed by atoms with Crippen LogP contribution in [0.25, 0.3) is 5.69 Å². The lowest BCUT2D eigenvalue weighted by Crippen LogP contribution is -2.04. The van der Waals surface area contributed by atoms with Crippen LogP contribution < -0.4 is 19.5 Å². The minimum absolute atomic E-state index is 0.579. The van der Waals surface area contributed by atoms with Crippen LogP contribution >= 0.6 is 0 Å². The van der Waals surface area contributed by atoms with Crippen molar-refractivity contribution in [2.24, 2.45) is 0 Å². The average Bonchev–Trinajstić information content (AvgIpc) is 3.11. The highest BCUT2D eigenvalue weighted by atomic mass is 16.5. The van der Waals surface area contributed by atoms with E-state index >= 15 is 0 Å². The second kappa shape index (κ2) is 7.73. The molecule has 1 N–H and O–H groups in total. The van der Waals surface area contributed by atoms with Gasteiger partial charge < -0.3 is 19.5 Å². The number of aryl methyl sites for hydroxylation is 1. The highest BCUT2D eigenvalue weighted by Crippen LogP contribution is 2.38. The SMILES string of the molecule is COc1cc(CNc2cccc(-n3nnnc3C)c2)cc(OC)c1OC. The highest BCUT2D eigenvalue weighted by molar-refractivity contribution is 5.55. The molecule has 8 nitrogen and oxygen atoms in total. The van der Waals surface area contributed by atoms with Gasteiger partial charge >= 0.3 is 0 Å². The number of ether oxygens (including phenoxy) is 3. The van der Waals surface area contributed by atoms with Gasteiger partial charge in [-0.25, -0.2) is 0 Å². The van der Waals surface area contributed by atoms with Gasteiger partial charge in [0.05, 0.1) is 27.0 Å². The predicted octanol–water partition coefficient (Wildman–Crippen LogP) is 2.61. The number of anilines is 1. The Bertz CT molecular complexity index is 869. The lowest BCUT2D eigenvalue weighted by atomic mass is 10.1. The molecular formula is C18H21N5O3. The summed E-state index contributed by atoms with van der Waals surface area (Å²) in [6, 6.07) is 11.7. The second-order valence-electron chi connectivity index (χ2n) is 5.58. The molecule has 0 aliphatic carbocycles. The molecular weight excluding hydrogens is 334 g/mol. The number of nitrogens with one attached hydrogen (secondary N) is 1. The van der Waals surface area contributed by atoms with Crippen LogP contribution in [0.15, 0.2) is 36.4 Å². The van der Waals surface area contributed by atoms with Gasteiger partial charge in [-0.1, -0.05) is 6.07 Å². The molecule has 2 aromatic carbocycles. The van der Waals surface area contributed by atoms with E-state index in [4.69, 9.17) is 14.2 Å². The molecule has 8 heteroatoms. The largest absolute Gasteiger partial charge is 0.493 e. The third-order valence-electron chi connectivity index (χ3n) is 3.94. The van der Waals surface area contributed by atoms with Gasteiger partial charge in [-0.2, -0.15) is 4.68 Å². The van der Waals surface area contributed by atoms with Gasteiger partial charge in [0.25, 0.3) is 0 Å². The van der Waals surface area contributed by atoms with E-state index in [2.05, 4.69) is 20.8 Å². The average molecular weight is 355 g/mol. The quantitative estimate of drug-likeness (QED) is 0.697. The first-order valence-electron chi connectivity index (χ1n) is 8.04. The fourth-order valence-electron chi connectivity index (χ4n) is 2.66. The van der Waals surface area contributed by atoms with Crippen molar-refractivity contribution in [2.45, 2.75) is 13.5 Å². The van der Waals surface area contributed by atoms with E-state index in [1.54, 1.807) is 26.0 Å². The van der Waals surface area contributed by atoms with Crippen molar-refractivity contribution in [1.29, 1.82) is 0 Å². The molecule has 0 amide bonds. The summed E-state index contributed by atoms with van der Waals surface area (Å²) >= 11 is 0. The topological polar surface area (TPSA) is 83.3 Å². The summed E-state index contributed by atoms with van der Waals surface area (Å²) in [5, 5.41) is 15.0. The lowest BCUT2D eigenvalue weighted by Gasteiger charge is -2.15. The zero-order chi connectivity index (χ0) is 18.5. The summed E-state index contributed by atoms with van der Waals surface area (Å²) in [4.78, 5) is 0. The monoisotopic (exact) mass is 355 g/mol. The summed E-state index contributed by atoms with van der Waals surface area (Å²) in [5.74, 6) is 2.56. The van der Waals surface area contributed by atoms with Gasteiger partial charge in [-0.3, -0.25) is 0 Å². The number of methoxy groups -OCH3 is 3. The molecule has 0 spiro atoms. The first-order chi connectivity index (χ1) is 12.7. The van der Waals surface area contributed by atoms with Crippen molar-refractivity contribution in [3.63, 3.8) is 0 Å². The van der Waals surface area contributed by atoms with Crippen LogP contribution in [0, 0.1) is 6.92 Å². The molecule has 0 fully saturated rings. The number of rotatable bonds is 7. The number of aromatic nitrogens is 4. The van der Waals surface area contributed by atoms with E-state index in [1.807, 2.05) is 43.3 Å². The maximum atomic E-state index is 5.39. The van der Waals surface area contributed by atoms with Crippen LogP contribution in [-0.4, -0.2) is 41.5 Å². The maximum absolute atomic E-state index is 5.39. The molecule has 26 heavy (non-hydrogen) atoms. The third-order valence-corrected chi connectivity index (χ3v) is 3.94. The Morgan fingerprint density at radius 1 is 1.00 bits per heavy atom. The van der Waals surface area contributed by atoms with Crippen LogP contribution in [-0.2, 0) is 6.54 Å². The van der Waals surface area contributed by atoms with Crippen molar-refractivity contribution in [3.8, 4) is 22.9 Å². The second-order valence-corrected chi connectivity index (χ2v) is 5.58. The normalized spacial score (nSPS) is 10.5. The standard InChI is InChI=1S/C18H21N5O3/c1-12-20-21-22-23(12)15-7-5-6-14(10-15)19-11-13-8-16(24-2)18(26-4)17(9-13)25-3/h5-10,19H,11H2,1-4H3. The van der Waals surface area contributed by atoms with Gasteiger partial charge in [0.1, 0.15) is 0 Å². The highest BCUT2D eigenvalue weighted by Gasteiger charge is 2.13. The van der Waals surface area contributed by atoms with Crippen molar-refractivity contribution in [1.82, 2.24) is 20.2 Å². The van der Waals surface area contributed by atoms with Gasteiger partial charge in [0.15, 0.2) is 17.3 Å². The molecule has 0 aliphatic heterocycles. The van der Waals surface area contributed by atoms with E-state index in [-0.39, 0.29) is 0 Å². The molecule has 0 saturated carbocycles. The van der Waals surface area contributed by atoms with Crippen LogP contribution in [0.5, 0.6) is 17.2 Å². The number of benzene rings is 2. The van der Waals surface area contributed by atoms with E-state index in [1.165, 1.54) is 0 Å². The van der Waals surface area contributed by atoms with Crippen LogP contribution in [0.3, 0.4) is 0 Å². The van der Waals surface area contributed by atoms with Gasteiger partial charge in [-0.05, 0) is 53.2 Å². The Labute approximate surface area is 151 Å². The maximum Gasteiger partial charge on any atom is 0.203 e. The van der Waals surface area contributed by atoms with Crippen molar-refractivity contribution in [2.75, 3.05) is 26.6 Å². The molecule has 0 unspecified atom stereocenters. The molecule has 3 rings (SSSR count). The Balaban J connectivity index is 1.80. The van der Waals surface area contributed by atoms with E-state index in [0.717, 1.165) is 22.8 Å². The summed E-state index contributed by atoms with van der Waals surface area (Å²) in [7, 11) is 4.80. The molecule has 1 aromatic heterocycles. The Morgan fingerprint density at radius 2 is 1.73 bits per heavy atom. The zero-order valence-electron chi connectivity index (χ0n) is 15.2. The molecule has 0 radical (unpaired) electrons. The first kappa shape index (κ1) is 17.5. The lowest BCUT2D eigenvalue weighted by molar-refractivity contribution is 0.324. The summed E-state index contributed by atoms with van der Waals surface area (Å²) in [6.45, 7) is 2.45. The van der Waals surface area contributed by atoms with Crippen molar-refractivity contribution in [3.05, 3.63) is 47.8 Å². The first-order valence-corrected chi connectivity index (χ1v) is 8.04. The summed E-state index contributed by atoms with van der Waals surface area (Å²) in [5.41, 5.74) is 2.84. The van der Waals surface area contributed by atoms with Gasteiger partial charge in [0, 0.05) is 12.2 Å². The fraction of sp³-hybridized carbons (Fsp3) is 0.278. The number of hydrogen-bond acceptors (Lipinski definition) is 7. The minimum atomic E-state index is 0.579. The van der Waals surface area contributed by atoms with Crippen LogP contribution in [0.4, 0.5) is 5.69 Å². The molecule has 0 saturated heterocycles. The summed E-state index contributed by atoms with van der Waals surface area (Å²) in [6.07, 6.45) is 0. The zero-order valence-corrected chi connectivity index (χ0v) is 15.2. The fourth-order valence-corrected chi connectivity index (χ4v) is 2.66. The Kier molecular flexibility index (Phi) is 5.21. The molecule has 3 aromatic rings. The molecule has 0 bridgehead atoms. The third kappa shape index (κ3) is 3.53. The number of nitrogens with zero attached hydrogens (tertiary/aromatic N) is 4. The predicted molar refractivity (Wildman–Crippen MR) is 97.3 cm³/mol. The number of hydrogen-bond donors (Lipinski definition) is 1. The van der Waals surface area contributed by atoms with Crippen LogP contribution in [0.2, 0.25) is 0 Å². The van der Waals surface area contributed by atoms with E-state index in [9.17, 15) is 0 Å². The molecule has 136 valence electrons. The Hall–Kier alpha value is -3.29. The van der Waals surface area contributed by atoms with Gasteiger partial charge in [0.2, 0.25) is 5.75 Å². The van der Waals surface area contributed by atoms with E-state index < -0.39 is 0 Å². The van der Waals surface area contributed by atoms with Crippen molar-refractivity contribution >= 4 is 5.69 Å². The van der Waals surface area contributed by atoms with Crippen LogP contribution in [0.1, 0.15) is 11.4 Å². The number of tetrazole rings is 1. The molecule has 0 atom stereocenters. The van der Waals surface area contributed by atoms with E-state index in [0.29, 0.717) is 23.8 Å². The minimum Gasteiger partial charge on any atom is -0.493 e. The van der Waals surface area contributed by atoms with Crippen molar-refractivity contribution < 1.29 is 14.2 Å².